The number of rotatable bonds is 5. The van der Waals surface area contributed by atoms with Gasteiger partial charge in [-0.05, 0) is 37.5 Å². The Bertz CT molecular complexity index is 983. The Morgan fingerprint density at radius 1 is 1.18 bits per heavy atom. The van der Waals surface area contributed by atoms with E-state index in [9.17, 15) is 4.79 Å². The Morgan fingerprint density at radius 3 is 2.79 bits per heavy atom. The van der Waals surface area contributed by atoms with Gasteiger partial charge < -0.3 is 14.5 Å². The molecule has 1 saturated heterocycles. The lowest BCUT2D eigenvalue weighted by molar-refractivity contribution is -0.129. The first-order valence-electron chi connectivity index (χ1n) is 9.80. The number of amides is 1. The molecular weight excluding hydrogens is 354 g/mol. The summed E-state index contributed by atoms with van der Waals surface area (Å²) in [4.78, 5) is 29.2. The first-order chi connectivity index (χ1) is 13.6. The standard InChI is InChI=1S/C21H23N5O2/c1-3-21(6-7-21)28-14-4-5-16-15(10-14)20(24-16)17-11-18(23-13-22-17)26-9-8-25(2)19(27)12-26/h4-5,10-11,13H,3,6-9,12H2,1-2H3. The van der Waals surface area contributed by atoms with Gasteiger partial charge >= 0.3 is 0 Å². The van der Waals surface area contributed by atoms with E-state index in [2.05, 4.69) is 28.0 Å². The topological polar surface area (TPSA) is 70.9 Å². The lowest BCUT2D eigenvalue weighted by Gasteiger charge is -2.32. The molecule has 2 fully saturated rings. The third-order valence-electron chi connectivity index (χ3n) is 5.92. The van der Waals surface area contributed by atoms with Crippen molar-refractivity contribution in [1.29, 1.82) is 0 Å². The fourth-order valence-electron chi connectivity index (χ4n) is 3.71. The second-order valence-corrected chi connectivity index (χ2v) is 7.78. The maximum atomic E-state index is 12.0. The van der Waals surface area contributed by atoms with Crippen molar-refractivity contribution in [2.24, 2.45) is 4.99 Å². The van der Waals surface area contributed by atoms with Crippen molar-refractivity contribution in [3.8, 4) is 5.75 Å². The number of carbonyl (C=O) groups is 1. The first kappa shape index (κ1) is 17.2. The molecular formula is C21H23N5O2. The predicted octanol–water partition coefficient (Wildman–Crippen LogP) is 2.56. The van der Waals surface area contributed by atoms with Gasteiger partial charge in [0.25, 0.3) is 0 Å². The van der Waals surface area contributed by atoms with E-state index in [4.69, 9.17) is 4.74 Å². The molecule has 1 aromatic heterocycles. The number of aromatic nitrogens is 2. The summed E-state index contributed by atoms with van der Waals surface area (Å²) in [5.74, 6) is 1.76. The van der Waals surface area contributed by atoms with Crippen molar-refractivity contribution in [1.82, 2.24) is 14.9 Å². The molecule has 0 atom stereocenters. The smallest absolute Gasteiger partial charge is 0.241 e. The SMILES string of the molecule is CCC1(Oc2ccc3c(c2)C(c2cc(N4CCN(C)C(=O)C4)ncn2)=N3)CC1. The van der Waals surface area contributed by atoms with E-state index < -0.39 is 0 Å². The Kier molecular flexibility index (Phi) is 3.86. The molecule has 2 aliphatic heterocycles. The maximum Gasteiger partial charge on any atom is 0.241 e. The summed E-state index contributed by atoms with van der Waals surface area (Å²) < 4.78 is 6.22. The van der Waals surface area contributed by atoms with Crippen LogP contribution in [0.15, 0.2) is 35.6 Å². The summed E-state index contributed by atoms with van der Waals surface area (Å²) in [7, 11) is 1.83. The van der Waals surface area contributed by atoms with E-state index in [0.29, 0.717) is 13.1 Å². The van der Waals surface area contributed by atoms with Gasteiger partial charge in [-0.15, -0.1) is 0 Å². The number of hydrogen-bond donors (Lipinski definition) is 0. The summed E-state index contributed by atoms with van der Waals surface area (Å²) >= 11 is 0. The molecule has 3 aliphatic rings. The van der Waals surface area contributed by atoms with Gasteiger partial charge in [0.2, 0.25) is 5.91 Å². The van der Waals surface area contributed by atoms with Crippen LogP contribution in [-0.2, 0) is 4.79 Å². The van der Waals surface area contributed by atoms with Gasteiger partial charge in [-0.2, -0.15) is 0 Å². The second-order valence-electron chi connectivity index (χ2n) is 7.78. The highest BCUT2D eigenvalue weighted by molar-refractivity contribution is 6.21. The Hall–Kier alpha value is -2.96. The van der Waals surface area contributed by atoms with Crippen molar-refractivity contribution in [2.75, 3.05) is 31.6 Å². The van der Waals surface area contributed by atoms with Crippen molar-refractivity contribution in [3.63, 3.8) is 0 Å². The van der Waals surface area contributed by atoms with E-state index in [1.165, 1.54) is 0 Å². The largest absolute Gasteiger partial charge is 0.487 e. The number of likely N-dealkylation sites (N-methyl/N-ethyl adjacent to an activating group) is 1. The van der Waals surface area contributed by atoms with Crippen LogP contribution >= 0.6 is 0 Å². The minimum Gasteiger partial charge on any atom is -0.487 e. The molecule has 0 spiro atoms. The van der Waals surface area contributed by atoms with Gasteiger partial charge in [-0.25, -0.2) is 15.0 Å². The number of ether oxygens (including phenoxy) is 1. The average molecular weight is 377 g/mol. The summed E-state index contributed by atoms with van der Waals surface area (Å²) in [6, 6.07) is 7.98. The molecule has 3 heterocycles. The van der Waals surface area contributed by atoms with E-state index in [1.54, 1.807) is 11.2 Å². The Morgan fingerprint density at radius 2 is 2.04 bits per heavy atom. The quantitative estimate of drug-likeness (QED) is 0.683. The number of piperazine rings is 1. The Balaban J connectivity index is 1.37. The summed E-state index contributed by atoms with van der Waals surface area (Å²) in [6.45, 7) is 3.97. The average Bonchev–Trinajstić information content (AvgIpc) is 3.46. The minimum atomic E-state index is 0.0331. The van der Waals surface area contributed by atoms with Crippen molar-refractivity contribution < 1.29 is 9.53 Å². The highest BCUT2D eigenvalue weighted by Gasteiger charge is 2.43. The molecule has 0 N–H and O–H groups in total. The molecule has 28 heavy (non-hydrogen) atoms. The highest BCUT2D eigenvalue weighted by Crippen LogP contribution is 2.44. The second kappa shape index (κ2) is 6.29. The lowest BCUT2D eigenvalue weighted by Crippen LogP contribution is -2.48. The molecule has 2 aromatic rings. The van der Waals surface area contributed by atoms with Crippen LogP contribution in [0, 0.1) is 0 Å². The van der Waals surface area contributed by atoms with Gasteiger partial charge in [0.1, 0.15) is 23.5 Å². The summed E-state index contributed by atoms with van der Waals surface area (Å²) in [6.07, 6.45) is 4.83. The molecule has 0 unspecified atom stereocenters. The van der Waals surface area contributed by atoms with Crippen molar-refractivity contribution >= 4 is 23.1 Å². The zero-order chi connectivity index (χ0) is 19.3. The first-order valence-corrected chi connectivity index (χ1v) is 9.80. The summed E-state index contributed by atoms with van der Waals surface area (Å²) in [5, 5.41) is 0. The van der Waals surface area contributed by atoms with E-state index in [0.717, 1.165) is 60.0 Å². The zero-order valence-corrected chi connectivity index (χ0v) is 16.2. The fourth-order valence-corrected chi connectivity index (χ4v) is 3.71. The number of benzene rings is 1. The molecule has 1 amide bonds. The normalized spacial score (nSPS) is 19.6. The van der Waals surface area contributed by atoms with Crippen LogP contribution in [0.1, 0.15) is 37.4 Å². The van der Waals surface area contributed by atoms with Crippen LogP contribution in [0.5, 0.6) is 5.75 Å². The van der Waals surface area contributed by atoms with Crippen molar-refractivity contribution in [3.05, 3.63) is 41.9 Å². The van der Waals surface area contributed by atoms with Crippen LogP contribution in [0.4, 0.5) is 11.5 Å². The van der Waals surface area contributed by atoms with Crippen LogP contribution in [0.25, 0.3) is 0 Å². The molecule has 5 rings (SSSR count). The third kappa shape index (κ3) is 2.91. The number of anilines is 1. The van der Waals surface area contributed by atoms with Crippen molar-refractivity contribution in [2.45, 2.75) is 31.8 Å². The number of aliphatic imine (C=N–C) groups is 1. The number of fused-ring (bicyclic) bond motifs is 1. The molecule has 0 bridgehead atoms. The third-order valence-corrected chi connectivity index (χ3v) is 5.92. The van der Waals surface area contributed by atoms with Gasteiger partial charge in [0.05, 0.1) is 23.6 Å². The number of carbonyl (C=O) groups excluding carboxylic acids is 1. The van der Waals surface area contributed by atoms with Crippen LogP contribution in [0.3, 0.4) is 0 Å². The molecule has 0 radical (unpaired) electrons. The van der Waals surface area contributed by atoms with Crippen LogP contribution in [0.2, 0.25) is 0 Å². The van der Waals surface area contributed by atoms with Gasteiger partial charge in [-0.1, -0.05) is 6.92 Å². The van der Waals surface area contributed by atoms with Crippen LogP contribution < -0.4 is 9.64 Å². The van der Waals surface area contributed by atoms with Gasteiger partial charge in [-0.3, -0.25) is 4.79 Å². The lowest BCUT2D eigenvalue weighted by atomic mass is 9.98. The number of hydrogen-bond acceptors (Lipinski definition) is 6. The molecule has 144 valence electrons. The van der Waals surface area contributed by atoms with E-state index >= 15 is 0 Å². The highest BCUT2D eigenvalue weighted by atomic mass is 16.5. The molecule has 7 nitrogen and oxygen atoms in total. The fraction of sp³-hybridized carbons (Fsp3) is 0.429. The molecule has 1 aliphatic carbocycles. The predicted molar refractivity (Wildman–Crippen MR) is 107 cm³/mol. The zero-order valence-electron chi connectivity index (χ0n) is 16.2. The monoisotopic (exact) mass is 377 g/mol. The number of nitrogens with zero attached hydrogens (tertiary/aromatic N) is 5. The minimum absolute atomic E-state index is 0.0331. The molecule has 1 aromatic carbocycles. The van der Waals surface area contributed by atoms with E-state index in [1.807, 2.05) is 30.1 Å². The van der Waals surface area contributed by atoms with Crippen LogP contribution in [-0.4, -0.2) is 58.8 Å². The van der Waals surface area contributed by atoms with Gasteiger partial charge in [0, 0.05) is 31.8 Å². The molecule has 1 saturated carbocycles. The maximum absolute atomic E-state index is 12.0. The summed E-state index contributed by atoms with van der Waals surface area (Å²) in [5.41, 5.74) is 3.68. The van der Waals surface area contributed by atoms with E-state index in [-0.39, 0.29) is 11.5 Å². The Labute approximate surface area is 164 Å². The van der Waals surface area contributed by atoms with Gasteiger partial charge in [0.15, 0.2) is 0 Å². The molecule has 7 heteroatoms.